The molecule has 3 nitrogen and oxygen atoms in total. The van der Waals surface area contributed by atoms with Gasteiger partial charge in [0, 0.05) is 22.9 Å². The van der Waals surface area contributed by atoms with E-state index in [9.17, 15) is 14.7 Å². The average molecular weight is 335 g/mol. The summed E-state index contributed by atoms with van der Waals surface area (Å²) in [4.78, 5) is 23.7. The summed E-state index contributed by atoms with van der Waals surface area (Å²) in [6.45, 7) is 0. The van der Waals surface area contributed by atoms with E-state index in [1.165, 1.54) is 0 Å². The third-order valence-electron chi connectivity index (χ3n) is 3.43. The minimum Gasteiger partial charge on any atom is -0.480 e. The second-order valence-corrected chi connectivity index (χ2v) is 5.93. The molecule has 0 radical (unpaired) electrons. The van der Waals surface area contributed by atoms with Crippen LogP contribution in [0.5, 0.6) is 0 Å². The summed E-state index contributed by atoms with van der Waals surface area (Å²) in [7, 11) is 0. The molecule has 0 aliphatic heterocycles. The van der Waals surface area contributed by atoms with Gasteiger partial charge in [0.15, 0.2) is 5.78 Å². The lowest BCUT2D eigenvalue weighted by atomic mass is 9.88. The maximum absolute atomic E-state index is 12.4. The lowest BCUT2D eigenvalue weighted by Crippen LogP contribution is -2.25. The Kier molecular flexibility index (Phi) is 5.63. The van der Waals surface area contributed by atoms with Crippen molar-refractivity contribution in [3.05, 3.63) is 70.7 Å². The van der Waals surface area contributed by atoms with Crippen LogP contribution in [0.1, 0.15) is 28.3 Å². The standard InChI is InChI=1S/C17H15ClO3S/c18-13-8-6-12(7-9-13)15(19)10-14(16(22)17(20)21)11-4-2-1-3-5-11/h1-9,14,16,22H,10H2,(H,20,21). The maximum atomic E-state index is 12.4. The SMILES string of the molecule is O=C(CC(c1ccccc1)C(S)C(=O)O)c1ccc(Cl)cc1. The average Bonchev–Trinajstić information content (AvgIpc) is 2.53. The van der Waals surface area contributed by atoms with Crippen molar-refractivity contribution in [1.29, 1.82) is 0 Å². The fourth-order valence-electron chi connectivity index (χ4n) is 2.24. The molecule has 0 bridgehead atoms. The monoisotopic (exact) mass is 334 g/mol. The van der Waals surface area contributed by atoms with Crippen LogP contribution < -0.4 is 0 Å². The maximum Gasteiger partial charge on any atom is 0.316 e. The molecule has 1 N–H and O–H groups in total. The summed E-state index contributed by atoms with van der Waals surface area (Å²) in [5.74, 6) is -1.67. The number of ketones is 1. The van der Waals surface area contributed by atoms with Crippen LogP contribution in [-0.4, -0.2) is 22.1 Å². The number of hydrogen-bond donors (Lipinski definition) is 2. The molecular formula is C17H15ClO3S. The van der Waals surface area contributed by atoms with Gasteiger partial charge in [-0.3, -0.25) is 9.59 Å². The highest BCUT2D eigenvalue weighted by Crippen LogP contribution is 2.29. The Bertz CT molecular complexity index is 655. The molecule has 2 aromatic carbocycles. The second kappa shape index (κ2) is 7.47. The summed E-state index contributed by atoms with van der Waals surface area (Å²) in [5.41, 5.74) is 1.29. The molecule has 0 aliphatic rings. The van der Waals surface area contributed by atoms with Gasteiger partial charge < -0.3 is 5.11 Å². The molecule has 5 heteroatoms. The van der Waals surface area contributed by atoms with Gasteiger partial charge in [0.2, 0.25) is 0 Å². The highest BCUT2D eigenvalue weighted by atomic mass is 35.5. The van der Waals surface area contributed by atoms with Crippen LogP contribution in [0.25, 0.3) is 0 Å². The largest absolute Gasteiger partial charge is 0.480 e. The number of benzene rings is 2. The number of carboxylic acids is 1. The molecule has 2 atom stereocenters. The van der Waals surface area contributed by atoms with Crippen LogP contribution in [-0.2, 0) is 4.79 Å². The number of rotatable bonds is 6. The lowest BCUT2D eigenvalue weighted by Gasteiger charge is -2.20. The quantitative estimate of drug-likeness (QED) is 0.618. The smallest absolute Gasteiger partial charge is 0.316 e. The van der Waals surface area contributed by atoms with Crippen molar-refractivity contribution >= 4 is 36.0 Å². The Labute approximate surface area is 139 Å². The van der Waals surface area contributed by atoms with Crippen molar-refractivity contribution in [1.82, 2.24) is 0 Å². The van der Waals surface area contributed by atoms with E-state index in [4.69, 9.17) is 11.6 Å². The molecule has 0 aromatic heterocycles. The first-order valence-electron chi connectivity index (χ1n) is 6.73. The molecule has 0 aliphatic carbocycles. The lowest BCUT2D eigenvalue weighted by molar-refractivity contribution is -0.136. The summed E-state index contributed by atoms with van der Waals surface area (Å²) in [6.07, 6.45) is 0.0755. The van der Waals surface area contributed by atoms with Crippen molar-refractivity contribution in [2.75, 3.05) is 0 Å². The Morgan fingerprint density at radius 1 is 1.05 bits per heavy atom. The molecule has 2 rings (SSSR count). The molecule has 114 valence electrons. The first kappa shape index (κ1) is 16.6. The van der Waals surface area contributed by atoms with Crippen molar-refractivity contribution in [2.45, 2.75) is 17.6 Å². The number of aliphatic carboxylic acids is 1. The minimum absolute atomic E-state index is 0.0755. The first-order valence-corrected chi connectivity index (χ1v) is 7.63. The molecule has 0 amide bonds. The van der Waals surface area contributed by atoms with Gasteiger partial charge in [-0.2, -0.15) is 12.6 Å². The van der Waals surface area contributed by atoms with E-state index in [1.807, 2.05) is 30.3 Å². The predicted molar refractivity (Wildman–Crippen MR) is 90.0 cm³/mol. The van der Waals surface area contributed by atoms with Gasteiger partial charge in [0.25, 0.3) is 0 Å². The molecule has 0 spiro atoms. The summed E-state index contributed by atoms with van der Waals surface area (Å²) in [5, 5.41) is 8.83. The van der Waals surface area contributed by atoms with E-state index in [0.717, 1.165) is 5.56 Å². The zero-order valence-corrected chi connectivity index (χ0v) is 13.3. The number of halogens is 1. The van der Waals surface area contributed by atoms with Crippen LogP contribution >= 0.6 is 24.2 Å². The Morgan fingerprint density at radius 3 is 2.18 bits per heavy atom. The second-order valence-electron chi connectivity index (χ2n) is 4.93. The van der Waals surface area contributed by atoms with Gasteiger partial charge in [-0.05, 0) is 29.8 Å². The van der Waals surface area contributed by atoms with Gasteiger partial charge in [0.1, 0.15) is 5.25 Å². The third kappa shape index (κ3) is 4.12. The first-order chi connectivity index (χ1) is 10.5. The highest BCUT2D eigenvalue weighted by molar-refractivity contribution is 7.81. The number of carbonyl (C=O) groups is 2. The van der Waals surface area contributed by atoms with E-state index < -0.39 is 17.1 Å². The van der Waals surface area contributed by atoms with Crippen LogP contribution in [0.2, 0.25) is 5.02 Å². The van der Waals surface area contributed by atoms with Gasteiger partial charge in [-0.25, -0.2) is 0 Å². The summed E-state index contributed by atoms with van der Waals surface area (Å²) in [6, 6.07) is 15.7. The Balaban J connectivity index is 2.25. The molecule has 0 heterocycles. The van der Waals surface area contributed by atoms with Crippen molar-refractivity contribution in [3.8, 4) is 0 Å². The molecule has 0 fully saturated rings. The van der Waals surface area contributed by atoms with Gasteiger partial charge in [0.05, 0.1) is 0 Å². The van der Waals surface area contributed by atoms with Crippen LogP contribution in [0.15, 0.2) is 54.6 Å². The number of Topliss-reactive ketones (excluding diaryl/α,β-unsaturated/α-hetero) is 1. The zero-order valence-electron chi connectivity index (χ0n) is 11.6. The number of hydrogen-bond acceptors (Lipinski definition) is 3. The van der Waals surface area contributed by atoms with E-state index in [1.54, 1.807) is 24.3 Å². The molecule has 2 aromatic rings. The van der Waals surface area contributed by atoms with E-state index in [-0.39, 0.29) is 12.2 Å². The predicted octanol–water partition coefficient (Wildman–Crippen LogP) is 4.08. The van der Waals surface area contributed by atoms with Crippen LogP contribution in [0.4, 0.5) is 0 Å². The summed E-state index contributed by atoms with van der Waals surface area (Å²) < 4.78 is 0. The van der Waals surface area contributed by atoms with Gasteiger partial charge >= 0.3 is 5.97 Å². The zero-order chi connectivity index (χ0) is 16.1. The Morgan fingerprint density at radius 2 is 1.64 bits per heavy atom. The molecule has 22 heavy (non-hydrogen) atoms. The fourth-order valence-corrected chi connectivity index (χ4v) is 2.64. The Hall–Kier alpha value is -1.78. The minimum atomic E-state index is -1.04. The molecular weight excluding hydrogens is 320 g/mol. The topological polar surface area (TPSA) is 54.4 Å². The molecule has 0 saturated carbocycles. The number of thiol groups is 1. The van der Waals surface area contributed by atoms with Gasteiger partial charge in [-0.15, -0.1) is 0 Å². The molecule has 2 unspecified atom stereocenters. The van der Waals surface area contributed by atoms with Crippen LogP contribution in [0.3, 0.4) is 0 Å². The van der Waals surface area contributed by atoms with Crippen molar-refractivity contribution < 1.29 is 14.7 Å². The van der Waals surface area contributed by atoms with E-state index in [2.05, 4.69) is 12.6 Å². The summed E-state index contributed by atoms with van der Waals surface area (Å²) >= 11 is 9.97. The highest BCUT2D eigenvalue weighted by Gasteiger charge is 2.28. The number of carbonyl (C=O) groups excluding carboxylic acids is 1. The van der Waals surface area contributed by atoms with Gasteiger partial charge in [-0.1, -0.05) is 41.9 Å². The van der Waals surface area contributed by atoms with Crippen LogP contribution in [0, 0.1) is 0 Å². The normalized spacial score (nSPS) is 13.4. The third-order valence-corrected chi connectivity index (χ3v) is 4.27. The number of carboxylic acid groups (broad SMARTS) is 1. The van der Waals surface area contributed by atoms with Crippen molar-refractivity contribution in [2.24, 2.45) is 0 Å². The fraction of sp³-hybridized carbons (Fsp3) is 0.176. The van der Waals surface area contributed by atoms with E-state index >= 15 is 0 Å². The van der Waals surface area contributed by atoms with Crippen molar-refractivity contribution in [3.63, 3.8) is 0 Å². The molecule has 0 saturated heterocycles. The van der Waals surface area contributed by atoms with E-state index in [0.29, 0.717) is 10.6 Å².